The summed E-state index contributed by atoms with van der Waals surface area (Å²) in [6, 6.07) is -0.320. The van der Waals surface area contributed by atoms with E-state index in [9.17, 15) is 9.59 Å². The number of aliphatic carboxylic acids is 1. The summed E-state index contributed by atoms with van der Waals surface area (Å²) in [5.41, 5.74) is -0.244. The number of carboxylic acid groups (broad SMARTS) is 1. The number of carbonyl (C=O) groups excluding carboxylic acids is 1. The molecular weight excluding hydrogens is 218 g/mol. The monoisotopic (exact) mass is 243 g/mol. The molecule has 1 atom stereocenters. The van der Waals surface area contributed by atoms with Gasteiger partial charge in [-0.1, -0.05) is 34.6 Å². The first-order chi connectivity index (χ1) is 7.62. The Morgan fingerprint density at radius 3 is 2.12 bits per heavy atom. The van der Waals surface area contributed by atoms with Crippen molar-refractivity contribution in [3.05, 3.63) is 0 Å². The van der Waals surface area contributed by atoms with Gasteiger partial charge in [-0.25, -0.2) is 0 Å². The number of rotatable bonds is 6. The van der Waals surface area contributed by atoms with Crippen LogP contribution in [0.1, 0.15) is 53.9 Å². The van der Waals surface area contributed by atoms with E-state index in [-0.39, 0.29) is 23.8 Å². The van der Waals surface area contributed by atoms with Crippen LogP contribution in [0.4, 0.5) is 0 Å². The van der Waals surface area contributed by atoms with E-state index in [1.165, 1.54) is 0 Å². The van der Waals surface area contributed by atoms with Crippen LogP contribution in [0.5, 0.6) is 0 Å². The number of amides is 1. The van der Waals surface area contributed by atoms with Crippen LogP contribution in [0.15, 0.2) is 0 Å². The van der Waals surface area contributed by atoms with Crippen molar-refractivity contribution in [3.8, 4) is 0 Å². The molecule has 0 saturated heterocycles. The van der Waals surface area contributed by atoms with Crippen molar-refractivity contribution in [3.63, 3.8) is 0 Å². The third kappa shape index (κ3) is 7.77. The quantitative estimate of drug-likeness (QED) is 0.753. The third-order valence-corrected chi connectivity index (χ3v) is 2.71. The normalized spacial score (nSPS) is 13.5. The minimum absolute atomic E-state index is 0.0308. The lowest BCUT2D eigenvalue weighted by atomic mass is 9.84. The Hall–Kier alpha value is -1.06. The molecule has 0 heterocycles. The lowest BCUT2D eigenvalue weighted by Crippen LogP contribution is -2.45. The fraction of sp³-hybridized carbons (Fsp3) is 0.846. The first-order valence-electron chi connectivity index (χ1n) is 6.14. The van der Waals surface area contributed by atoms with E-state index in [1.54, 1.807) is 0 Å². The van der Waals surface area contributed by atoms with Gasteiger partial charge in [-0.3, -0.25) is 9.59 Å². The molecular formula is C13H25NO3. The molecule has 0 aromatic rings. The van der Waals surface area contributed by atoms with Crippen LogP contribution in [0.25, 0.3) is 0 Å². The Bertz CT molecular complexity index is 266. The topological polar surface area (TPSA) is 66.4 Å². The van der Waals surface area contributed by atoms with Gasteiger partial charge in [0.2, 0.25) is 5.91 Å². The molecule has 0 aliphatic rings. The van der Waals surface area contributed by atoms with Crippen molar-refractivity contribution in [1.82, 2.24) is 5.32 Å². The standard InChI is InChI=1S/C13H25NO3/c1-9(2)6-7-11(15)14-10(8-12(16)17)13(3,4)5/h9-10H,6-8H2,1-5H3,(H,14,15)(H,16,17). The molecule has 1 amide bonds. The van der Waals surface area contributed by atoms with Crippen molar-refractivity contribution in [1.29, 1.82) is 0 Å². The van der Waals surface area contributed by atoms with Crippen LogP contribution < -0.4 is 5.32 Å². The fourth-order valence-corrected chi connectivity index (χ4v) is 1.43. The summed E-state index contributed by atoms with van der Waals surface area (Å²) in [7, 11) is 0. The van der Waals surface area contributed by atoms with Crippen LogP contribution in [-0.2, 0) is 9.59 Å². The smallest absolute Gasteiger partial charge is 0.305 e. The van der Waals surface area contributed by atoms with E-state index in [0.717, 1.165) is 6.42 Å². The Balaban J connectivity index is 4.34. The molecule has 1 unspecified atom stereocenters. The SMILES string of the molecule is CC(C)CCC(=O)NC(CC(=O)O)C(C)(C)C. The molecule has 4 heteroatoms. The maximum Gasteiger partial charge on any atom is 0.305 e. The fourth-order valence-electron chi connectivity index (χ4n) is 1.43. The second-order valence-corrected chi connectivity index (χ2v) is 6.02. The highest BCUT2D eigenvalue weighted by atomic mass is 16.4. The van der Waals surface area contributed by atoms with Gasteiger partial charge >= 0.3 is 5.97 Å². The Kier molecular flexibility index (Phi) is 6.21. The van der Waals surface area contributed by atoms with Gasteiger partial charge in [0.15, 0.2) is 0 Å². The first kappa shape index (κ1) is 15.9. The van der Waals surface area contributed by atoms with Crippen molar-refractivity contribution in [2.75, 3.05) is 0 Å². The number of carbonyl (C=O) groups is 2. The predicted molar refractivity (Wildman–Crippen MR) is 67.7 cm³/mol. The number of nitrogens with one attached hydrogen (secondary N) is 1. The maximum absolute atomic E-state index is 11.7. The van der Waals surface area contributed by atoms with E-state index >= 15 is 0 Å². The highest BCUT2D eigenvalue weighted by molar-refractivity contribution is 5.77. The minimum Gasteiger partial charge on any atom is -0.481 e. The van der Waals surface area contributed by atoms with Gasteiger partial charge in [0.05, 0.1) is 6.42 Å². The molecule has 0 fully saturated rings. The van der Waals surface area contributed by atoms with Gasteiger partial charge in [-0.2, -0.15) is 0 Å². The summed E-state index contributed by atoms with van der Waals surface area (Å²) in [5.74, 6) is -0.456. The molecule has 100 valence electrons. The van der Waals surface area contributed by atoms with Gasteiger partial charge in [0.25, 0.3) is 0 Å². The Morgan fingerprint density at radius 2 is 1.76 bits per heavy atom. The van der Waals surface area contributed by atoms with E-state index in [0.29, 0.717) is 12.3 Å². The Morgan fingerprint density at radius 1 is 1.24 bits per heavy atom. The highest BCUT2D eigenvalue weighted by Crippen LogP contribution is 2.22. The van der Waals surface area contributed by atoms with E-state index in [1.807, 2.05) is 20.8 Å². The predicted octanol–water partition coefficient (Wildman–Crippen LogP) is 2.43. The summed E-state index contributed by atoms with van der Waals surface area (Å²) in [6.07, 6.45) is 1.26. The zero-order valence-corrected chi connectivity index (χ0v) is 11.5. The van der Waals surface area contributed by atoms with Crippen LogP contribution in [0.3, 0.4) is 0 Å². The van der Waals surface area contributed by atoms with Gasteiger partial charge in [-0.15, -0.1) is 0 Å². The molecule has 0 aliphatic carbocycles. The van der Waals surface area contributed by atoms with E-state index in [4.69, 9.17) is 5.11 Å². The molecule has 0 aliphatic heterocycles. The van der Waals surface area contributed by atoms with Crippen molar-refractivity contribution >= 4 is 11.9 Å². The average molecular weight is 243 g/mol. The molecule has 0 aromatic heterocycles. The molecule has 17 heavy (non-hydrogen) atoms. The summed E-state index contributed by atoms with van der Waals surface area (Å²) < 4.78 is 0. The number of hydrogen-bond acceptors (Lipinski definition) is 2. The van der Waals surface area contributed by atoms with E-state index < -0.39 is 5.97 Å². The van der Waals surface area contributed by atoms with Crippen molar-refractivity contribution < 1.29 is 14.7 Å². The molecule has 0 radical (unpaired) electrons. The van der Waals surface area contributed by atoms with E-state index in [2.05, 4.69) is 19.2 Å². The molecule has 0 spiro atoms. The largest absolute Gasteiger partial charge is 0.481 e. The molecule has 0 aromatic carbocycles. The molecule has 4 nitrogen and oxygen atoms in total. The maximum atomic E-state index is 11.7. The number of hydrogen-bond donors (Lipinski definition) is 2. The van der Waals surface area contributed by atoms with Gasteiger partial charge < -0.3 is 10.4 Å². The van der Waals surface area contributed by atoms with Crippen molar-refractivity contribution in [2.45, 2.75) is 59.9 Å². The molecule has 0 bridgehead atoms. The second kappa shape index (κ2) is 6.62. The lowest BCUT2D eigenvalue weighted by Gasteiger charge is -2.30. The number of carboxylic acids is 1. The van der Waals surface area contributed by atoms with Crippen molar-refractivity contribution in [2.24, 2.45) is 11.3 Å². The van der Waals surface area contributed by atoms with Gasteiger partial charge in [-0.05, 0) is 17.8 Å². The average Bonchev–Trinajstić information content (AvgIpc) is 2.11. The second-order valence-electron chi connectivity index (χ2n) is 6.02. The molecule has 0 saturated carbocycles. The highest BCUT2D eigenvalue weighted by Gasteiger charge is 2.28. The zero-order valence-electron chi connectivity index (χ0n) is 11.5. The summed E-state index contributed by atoms with van der Waals surface area (Å²) in [5, 5.41) is 11.7. The summed E-state index contributed by atoms with van der Waals surface area (Å²) in [6.45, 7) is 9.92. The van der Waals surface area contributed by atoms with Crippen LogP contribution in [0.2, 0.25) is 0 Å². The summed E-state index contributed by atoms with van der Waals surface area (Å²) in [4.78, 5) is 22.4. The first-order valence-corrected chi connectivity index (χ1v) is 6.14. The van der Waals surface area contributed by atoms with Crippen LogP contribution in [-0.4, -0.2) is 23.0 Å². The third-order valence-electron chi connectivity index (χ3n) is 2.71. The van der Waals surface area contributed by atoms with Gasteiger partial charge in [0, 0.05) is 12.5 Å². The molecule has 2 N–H and O–H groups in total. The lowest BCUT2D eigenvalue weighted by molar-refractivity contribution is -0.138. The Labute approximate surface area is 104 Å². The van der Waals surface area contributed by atoms with Crippen LogP contribution in [0, 0.1) is 11.3 Å². The zero-order chi connectivity index (χ0) is 13.6. The molecule has 0 rings (SSSR count). The van der Waals surface area contributed by atoms with Gasteiger partial charge in [0.1, 0.15) is 0 Å². The van der Waals surface area contributed by atoms with Crippen LogP contribution >= 0.6 is 0 Å². The summed E-state index contributed by atoms with van der Waals surface area (Å²) >= 11 is 0. The minimum atomic E-state index is -0.880.